The maximum atomic E-state index is 13.5. The molecule has 6 heteroatoms. The van der Waals surface area contributed by atoms with Gasteiger partial charge in [0.15, 0.2) is 0 Å². The number of carbonyl (C=O) groups is 2. The van der Waals surface area contributed by atoms with Gasteiger partial charge in [-0.25, -0.2) is 4.79 Å². The molecular formula is C23H24ClNO4. The van der Waals surface area contributed by atoms with Gasteiger partial charge in [-0.3, -0.25) is 4.79 Å². The Morgan fingerprint density at radius 1 is 1.00 bits per heavy atom. The molecule has 1 aliphatic carbocycles. The molecule has 2 aliphatic rings. The number of hydrogen-bond acceptors (Lipinski definition) is 4. The summed E-state index contributed by atoms with van der Waals surface area (Å²) in [7, 11) is 1.34. The molecular weight excluding hydrogens is 390 g/mol. The molecule has 2 fully saturated rings. The lowest BCUT2D eigenvalue weighted by Gasteiger charge is -2.31. The predicted octanol–water partition coefficient (Wildman–Crippen LogP) is 3.69. The zero-order valence-corrected chi connectivity index (χ0v) is 17.2. The molecule has 1 amide bonds. The lowest BCUT2D eigenvalue weighted by Crippen LogP contribution is -2.41. The Balaban J connectivity index is 1.56. The highest BCUT2D eigenvalue weighted by Gasteiger charge is 2.55. The van der Waals surface area contributed by atoms with Crippen LogP contribution in [-0.2, 0) is 30.1 Å². The van der Waals surface area contributed by atoms with Crippen molar-refractivity contribution in [1.82, 2.24) is 4.90 Å². The number of rotatable bonds is 6. The first kappa shape index (κ1) is 19.9. The second kappa shape index (κ2) is 7.81. The Kier molecular flexibility index (Phi) is 5.36. The van der Waals surface area contributed by atoms with Crippen molar-refractivity contribution in [3.63, 3.8) is 0 Å². The molecule has 1 saturated carbocycles. The van der Waals surface area contributed by atoms with Gasteiger partial charge in [0, 0.05) is 11.6 Å². The van der Waals surface area contributed by atoms with Crippen LogP contribution >= 0.6 is 11.6 Å². The summed E-state index contributed by atoms with van der Waals surface area (Å²) in [6.07, 6.45) is 2.31. The number of benzene rings is 2. The minimum Gasteiger partial charge on any atom is -0.467 e. The molecule has 5 nitrogen and oxygen atoms in total. The summed E-state index contributed by atoms with van der Waals surface area (Å²) in [5.41, 5.74) is 0.816. The topological polar surface area (TPSA) is 55.8 Å². The van der Waals surface area contributed by atoms with Crippen molar-refractivity contribution in [2.45, 2.75) is 30.3 Å². The summed E-state index contributed by atoms with van der Waals surface area (Å²) in [6.45, 7) is 0.863. The first-order valence-electron chi connectivity index (χ1n) is 9.81. The number of hydrogen-bond donors (Lipinski definition) is 0. The average Bonchev–Trinajstić information content (AvgIpc) is 3.45. The van der Waals surface area contributed by atoms with E-state index in [2.05, 4.69) is 0 Å². The van der Waals surface area contributed by atoms with Crippen molar-refractivity contribution in [2.75, 3.05) is 26.8 Å². The summed E-state index contributed by atoms with van der Waals surface area (Å²) in [6, 6.07) is 17.4. The number of amides is 1. The van der Waals surface area contributed by atoms with E-state index in [1.807, 2.05) is 59.5 Å². The van der Waals surface area contributed by atoms with Crippen LogP contribution in [-0.4, -0.2) is 43.6 Å². The highest BCUT2D eigenvalue weighted by molar-refractivity contribution is 6.30. The van der Waals surface area contributed by atoms with E-state index in [-0.39, 0.29) is 12.5 Å². The van der Waals surface area contributed by atoms with Crippen LogP contribution in [0.1, 0.15) is 30.4 Å². The van der Waals surface area contributed by atoms with Gasteiger partial charge in [0.1, 0.15) is 12.2 Å². The van der Waals surface area contributed by atoms with E-state index in [0.717, 1.165) is 24.0 Å². The number of methoxy groups -OCH3 is 1. The quantitative estimate of drug-likeness (QED) is 0.678. The lowest BCUT2D eigenvalue weighted by molar-refractivity contribution is -0.154. The number of esters is 1. The molecule has 29 heavy (non-hydrogen) atoms. The molecule has 152 valence electrons. The molecule has 2 aromatic carbocycles. The zero-order valence-electron chi connectivity index (χ0n) is 16.4. The molecule has 1 atom stereocenters. The molecule has 1 saturated heterocycles. The van der Waals surface area contributed by atoms with Gasteiger partial charge in [-0.1, -0.05) is 54.1 Å². The van der Waals surface area contributed by atoms with Gasteiger partial charge >= 0.3 is 5.97 Å². The standard InChI is InChI=1S/C23H24ClNO4/c1-28-20(26)15-29-23(18-5-3-2-4-6-18)13-14-25(16-23)21(27)22(11-12-22)17-7-9-19(24)10-8-17/h2-10H,11-16H2,1H3. The van der Waals surface area contributed by atoms with Crippen LogP contribution in [0.3, 0.4) is 0 Å². The minimum atomic E-state index is -0.707. The van der Waals surface area contributed by atoms with Crippen LogP contribution in [0.2, 0.25) is 5.02 Å². The van der Waals surface area contributed by atoms with Crippen LogP contribution in [0, 0.1) is 0 Å². The van der Waals surface area contributed by atoms with Crippen LogP contribution in [0.25, 0.3) is 0 Å². The fraction of sp³-hybridized carbons (Fsp3) is 0.391. The van der Waals surface area contributed by atoms with E-state index >= 15 is 0 Å². The van der Waals surface area contributed by atoms with E-state index < -0.39 is 17.0 Å². The smallest absolute Gasteiger partial charge is 0.331 e. The van der Waals surface area contributed by atoms with Gasteiger partial charge in [0.2, 0.25) is 5.91 Å². The average molecular weight is 414 g/mol. The highest BCUT2D eigenvalue weighted by atomic mass is 35.5. The van der Waals surface area contributed by atoms with Crippen molar-refractivity contribution in [3.05, 3.63) is 70.7 Å². The molecule has 0 N–H and O–H groups in total. The number of carbonyl (C=O) groups excluding carboxylic acids is 2. The number of halogens is 1. The molecule has 0 radical (unpaired) electrons. The molecule has 0 spiro atoms. The lowest BCUT2D eigenvalue weighted by atomic mass is 9.92. The summed E-state index contributed by atoms with van der Waals surface area (Å²) in [5, 5.41) is 0.664. The van der Waals surface area contributed by atoms with Gasteiger partial charge in [0.25, 0.3) is 0 Å². The molecule has 1 unspecified atom stereocenters. The van der Waals surface area contributed by atoms with Crippen molar-refractivity contribution in [3.8, 4) is 0 Å². The maximum Gasteiger partial charge on any atom is 0.331 e. The predicted molar refractivity (Wildman–Crippen MR) is 110 cm³/mol. The SMILES string of the molecule is COC(=O)COC1(c2ccccc2)CCN(C(=O)C2(c3ccc(Cl)cc3)CC2)C1. The first-order valence-corrected chi connectivity index (χ1v) is 10.2. The molecule has 0 aromatic heterocycles. The zero-order chi connectivity index (χ0) is 20.5. The van der Waals surface area contributed by atoms with E-state index in [9.17, 15) is 9.59 Å². The van der Waals surface area contributed by atoms with Crippen LogP contribution in [0.5, 0.6) is 0 Å². The van der Waals surface area contributed by atoms with Crippen molar-refractivity contribution >= 4 is 23.5 Å². The third kappa shape index (κ3) is 3.77. The van der Waals surface area contributed by atoms with E-state index in [1.54, 1.807) is 0 Å². The molecule has 0 bridgehead atoms. The fourth-order valence-electron chi connectivity index (χ4n) is 4.21. The van der Waals surface area contributed by atoms with E-state index in [1.165, 1.54) is 7.11 Å². The molecule has 2 aromatic rings. The summed E-state index contributed by atoms with van der Waals surface area (Å²) < 4.78 is 10.8. The van der Waals surface area contributed by atoms with E-state index in [0.29, 0.717) is 24.5 Å². The van der Waals surface area contributed by atoms with Gasteiger partial charge in [-0.05, 0) is 42.5 Å². The maximum absolute atomic E-state index is 13.5. The number of nitrogens with zero attached hydrogens (tertiary/aromatic N) is 1. The Bertz CT molecular complexity index is 895. The minimum absolute atomic E-state index is 0.124. The third-order valence-electron chi connectivity index (χ3n) is 6.07. The van der Waals surface area contributed by atoms with Gasteiger partial charge in [0.05, 0.1) is 19.1 Å². The summed E-state index contributed by atoms with van der Waals surface area (Å²) in [5.74, 6) is -0.302. The van der Waals surface area contributed by atoms with E-state index in [4.69, 9.17) is 21.1 Å². The van der Waals surface area contributed by atoms with Crippen LogP contribution in [0.15, 0.2) is 54.6 Å². The second-order valence-electron chi connectivity index (χ2n) is 7.79. The first-order chi connectivity index (χ1) is 14.0. The molecule has 1 heterocycles. The summed E-state index contributed by atoms with van der Waals surface area (Å²) >= 11 is 6.02. The van der Waals surface area contributed by atoms with Gasteiger partial charge in [-0.2, -0.15) is 0 Å². The Morgan fingerprint density at radius 2 is 1.69 bits per heavy atom. The Morgan fingerprint density at radius 3 is 2.31 bits per heavy atom. The van der Waals surface area contributed by atoms with Crippen molar-refractivity contribution in [2.24, 2.45) is 0 Å². The Labute approximate surface area is 175 Å². The van der Waals surface area contributed by atoms with Gasteiger partial charge < -0.3 is 14.4 Å². The van der Waals surface area contributed by atoms with Crippen molar-refractivity contribution in [1.29, 1.82) is 0 Å². The third-order valence-corrected chi connectivity index (χ3v) is 6.32. The van der Waals surface area contributed by atoms with Crippen LogP contribution < -0.4 is 0 Å². The van der Waals surface area contributed by atoms with Crippen molar-refractivity contribution < 1.29 is 19.1 Å². The monoisotopic (exact) mass is 413 g/mol. The Hall–Kier alpha value is -2.37. The largest absolute Gasteiger partial charge is 0.467 e. The molecule has 4 rings (SSSR count). The molecule has 1 aliphatic heterocycles. The normalized spacial score (nSPS) is 22.3. The van der Waals surface area contributed by atoms with Gasteiger partial charge in [-0.15, -0.1) is 0 Å². The van der Waals surface area contributed by atoms with Crippen LogP contribution in [0.4, 0.5) is 0 Å². The fourth-order valence-corrected chi connectivity index (χ4v) is 4.34. The number of likely N-dealkylation sites (tertiary alicyclic amines) is 1. The highest BCUT2D eigenvalue weighted by Crippen LogP contribution is 2.51. The number of ether oxygens (including phenoxy) is 2. The second-order valence-corrected chi connectivity index (χ2v) is 8.23. The summed E-state index contributed by atoms with van der Waals surface area (Å²) in [4.78, 5) is 27.1.